The molecule has 0 aromatic heterocycles. The molecule has 0 spiro atoms. The van der Waals surface area contributed by atoms with E-state index in [1.807, 2.05) is 4.72 Å². The Hall–Kier alpha value is -2.57. The lowest BCUT2D eigenvalue weighted by atomic mass is 10.0. The SMILES string of the molecule is C=CC(C)C(NC(=O)[C@@H]1CCCN1C(=O)CCC(=O)N1CCCC(F)(F)C1)C(=O)NS(=O)(=O)C1CC1. The summed E-state index contributed by atoms with van der Waals surface area (Å²) in [6, 6.07) is -2.09. The molecule has 0 radical (unpaired) electrons. The van der Waals surface area contributed by atoms with Gasteiger partial charge in [-0.1, -0.05) is 13.0 Å². The van der Waals surface area contributed by atoms with Crippen molar-refractivity contribution in [1.29, 1.82) is 0 Å². The molecule has 4 amide bonds. The van der Waals surface area contributed by atoms with E-state index >= 15 is 0 Å². The van der Waals surface area contributed by atoms with Gasteiger partial charge < -0.3 is 15.1 Å². The smallest absolute Gasteiger partial charge is 0.265 e. The number of halogens is 2. The molecule has 0 bridgehead atoms. The molecule has 3 fully saturated rings. The fourth-order valence-corrected chi connectivity index (χ4v) is 5.85. The molecule has 13 heteroatoms. The summed E-state index contributed by atoms with van der Waals surface area (Å²) in [5.41, 5.74) is 0. The maximum Gasteiger partial charge on any atom is 0.265 e. The summed E-state index contributed by atoms with van der Waals surface area (Å²) in [6.45, 7) is 5.06. The Morgan fingerprint density at radius 1 is 1.08 bits per heavy atom. The molecule has 1 aliphatic carbocycles. The Balaban J connectivity index is 1.58. The molecular weight excluding hydrogens is 498 g/mol. The first-order valence-corrected chi connectivity index (χ1v) is 13.8. The number of amides is 4. The molecule has 0 aromatic rings. The monoisotopic (exact) mass is 532 g/mol. The first-order valence-electron chi connectivity index (χ1n) is 12.3. The van der Waals surface area contributed by atoms with Gasteiger partial charge in [-0.2, -0.15) is 0 Å². The lowest BCUT2D eigenvalue weighted by Gasteiger charge is -2.32. The zero-order valence-electron chi connectivity index (χ0n) is 20.4. The van der Waals surface area contributed by atoms with E-state index in [0.29, 0.717) is 25.7 Å². The van der Waals surface area contributed by atoms with Crippen molar-refractivity contribution in [3.8, 4) is 0 Å². The summed E-state index contributed by atoms with van der Waals surface area (Å²) in [5.74, 6) is -5.99. The van der Waals surface area contributed by atoms with Crippen LogP contribution in [0.4, 0.5) is 8.78 Å². The highest BCUT2D eigenvalue weighted by Gasteiger charge is 2.41. The van der Waals surface area contributed by atoms with Crippen molar-refractivity contribution in [1.82, 2.24) is 19.8 Å². The number of hydrogen-bond acceptors (Lipinski definition) is 6. The maximum atomic E-state index is 13.6. The Morgan fingerprint density at radius 3 is 2.36 bits per heavy atom. The number of nitrogens with one attached hydrogen (secondary N) is 2. The van der Waals surface area contributed by atoms with Crippen molar-refractivity contribution < 1.29 is 36.4 Å². The second-order valence-corrected chi connectivity index (χ2v) is 11.8. The Morgan fingerprint density at radius 2 is 1.75 bits per heavy atom. The minimum Gasteiger partial charge on any atom is -0.342 e. The number of sulfonamides is 1. The van der Waals surface area contributed by atoms with Gasteiger partial charge in [-0.3, -0.25) is 23.9 Å². The standard InChI is InChI=1S/C23H34F2N4O6S/c1-3-15(2)20(22(33)27-36(34,35)16-7-8-16)26-21(32)17-6-4-13-29(17)19(31)10-9-18(30)28-12-5-11-23(24,25)14-28/h3,15-17,20H,1,4-14H2,2H3,(H,26,32)(H,27,33)/t15?,17-,20?/m0/s1. The Kier molecular flexibility index (Phi) is 8.73. The fraction of sp³-hybridized carbons (Fsp3) is 0.739. The van der Waals surface area contributed by atoms with E-state index in [1.54, 1.807) is 6.92 Å². The van der Waals surface area contributed by atoms with Crippen LogP contribution >= 0.6 is 0 Å². The first kappa shape index (κ1) is 28.0. The van der Waals surface area contributed by atoms with Crippen LogP contribution in [-0.4, -0.2) is 84.7 Å². The molecule has 3 aliphatic rings. The number of rotatable bonds is 10. The van der Waals surface area contributed by atoms with Crippen LogP contribution < -0.4 is 10.0 Å². The number of hydrogen-bond donors (Lipinski definition) is 2. The predicted molar refractivity (Wildman–Crippen MR) is 126 cm³/mol. The third-order valence-corrected chi connectivity index (χ3v) is 8.69. The summed E-state index contributed by atoms with van der Waals surface area (Å²) in [7, 11) is -3.82. The minimum absolute atomic E-state index is 0.195. The Labute approximate surface area is 209 Å². The number of carbonyl (C=O) groups excluding carboxylic acids is 4. The van der Waals surface area contributed by atoms with Gasteiger partial charge in [0.25, 0.3) is 11.8 Å². The zero-order chi connectivity index (χ0) is 26.7. The number of likely N-dealkylation sites (tertiary alicyclic amines) is 2. The van der Waals surface area contributed by atoms with Gasteiger partial charge in [0.15, 0.2) is 0 Å². The zero-order valence-corrected chi connectivity index (χ0v) is 21.2. The van der Waals surface area contributed by atoms with Crippen molar-refractivity contribution in [2.45, 2.75) is 81.5 Å². The molecule has 2 unspecified atom stereocenters. The average Bonchev–Trinajstić information content (AvgIpc) is 3.57. The van der Waals surface area contributed by atoms with E-state index < -0.39 is 69.4 Å². The van der Waals surface area contributed by atoms with Crippen molar-refractivity contribution in [2.75, 3.05) is 19.6 Å². The molecule has 2 N–H and O–H groups in total. The highest BCUT2D eigenvalue weighted by atomic mass is 32.2. The molecular formula is C23H34F2N4O6S. The van der Waals surface area contributed by atoms with Crippen LogP contribution in [0.5, 0.6) is 0 Å². The van der Waals surface area contributed by atoms with Gasteiger partial charge in [0, 0.05) is 38.3 Å². The highest BCUT2D eigenvalue weighted by Crippen LogP contribution is 2.28. The summed E-state index contributed by atoms with van der Waals surface area (Å²) >= 11 is 0. The van der Waals surface area contributed by atoms with Gasteiger partial charge in [-0.05, 0) is 32.1 Å². The lowest BCUT2D eigenvalue weighted by Crippen LogP contribution is -2.56. The molecule has 10 nitrogen and oxygen atoms in total. The van der Waals surface area contributed by atoms with Crippen LogP contribution in [0.25, 0.3) is 0 Å². The van der Waals surface area contributed by atoms with Gasteiger partial charge in [0.2, 0.25) is 27.7 Å². The van der Waals surface area contributed by atoms with E-state index in [1.165, 1.54) is 11.0 Å². The second kappa shape index (κ2) is 11.2. The van der Waals surface area contributed by atoms with Crippen LogP contribution in [0.1, 0.15) is 58.3 Å². The summed E-state index contributed by atoms with van der Waals surface area (Å²) in [5, 5.41) is 1.95. The first-order chi connectivity index (χ1) is 16.8. The third-order valence-electron chi connectivity index (χ3n) is 6.86. The normalized spacial score (nSPS) is 23.5. The van der Waals surface area contributed by atoms with E-state index in [9.17, 15) is 36.4 Å². The fourth-order valence-electron chi connectivity index (χ4n) is 4.52. The predicted octanol–water partition coefficient (Wildman–Crippen LogP) is 0.931. The summed E-state index contributed by atoms with van der Waals surface area (Å²) < 4.78 is 53.6. The second-order valence-electron chi connectivity index (χ2n) is 9.81. The lowest BCUT2D eigenvalue weighted by molar-refractivity contribution is -0.145. The van der Waals surface area contributed by atoms with Crippen molar-refractivity contribution in [3.05, 3.63) is 12.7 Å². The molecule has 36 heavy (non-hydrogen) atoms. The quantitative estimate of drug-likeness (QED) is 0.402. The van der Waals surface area contributed by atoms with Crippen LogP contribution in [0.2, 0.25) is 0 Å². The average molecular weight is 533 g/mol. The van der Waals surface area contributed by atoms with Gasteiger partial charge >= 0.3 is 0 Å². The van der Waals surface area contributed by atoms with Gasteiger partial charge in [0.1, 0.15) is 12.1 Å². The minimum atomic E-state index is -3.82. The Bertz CT molecular complexity index is 1000. The molecule has 2 aliphatic heterocycles. The van der Waals surface area contributed by atoms with Crippen LogP contribution in [0, 0.1) is 5.92 Å². The van der Waals surface area contributed by atoms with Gasteiger partial charge in [0.05, 0.1) is 11.8 Å². The number of alkyl halides is 2. The maximum absolute atomic E-state index is 13.6. The molecule has 1 saturated carbocycles. The van der Waals surface area contributed by atoms with Gasteiger partial charge in [-0.15, -0.1) is 6.58 Å². The van der Waals surface area contributed by atoms with E-state index in [4.69, 9.17) is 0 Å². The summed E-state index contributed by atoms with van der Waals surface area (Å²) in [6.07, 6.45) is 2.69. The van der Waals surface area contributed by atoms with Crippen molar-refractivity contribution in [2.24, 2.45) is 5.92 Å². The summed E-state index contributed by atoms with van der Waals surface area (Å²) in [4.78, 5) is 53.3. The third kappa shape index (κ3) is 7.01. The van der Waals surface area contributed by atoms with Crippen LogP contribution in [0.3, 0.4) is 0 Å². The molecule has 3 atom stereocenters. The van der Waals surface area contributed by atoms with Crippen molar-refractivity contribution in [3.63, 3.8) is 0 Å². The molecule has 202 valence electrons. The van der Waals surface area contributed by atoms with Crippen molar-refractivity contribution >= 4 is 33.7 Å². The van der Waals surface area contributed by atoms with E-state index in [2.05, 4.69) is 11.9 Å². The van der Waals surface area contributed by atoms with Crippen LogP contribution in [-0.2, 0) is 29.2 Å². The van der Waals surface area contributed by atoms with Crippen LogP contribution in [0.15, 0.2) is 12.7 Å². The topological polar surface area (TPSA) is 133 Å². The molecule has 3 rings (SSSR count). The molecule has 2 saturated heterocycles. The van der Waals surface area contributed by atoms with Gasteiger partial charge in [-0.25, -0.2) is 17.2 Å². The van der Waals surface area contributed by atoms with E-state index in [0.717, 1.165) is 4.90 Å². The highest BCUT2D eigenvalue weighted by molar-refractivity contribution is 7.90. The number of carbonyl (C=O) groups is 4. The number of nitrogens with zero attached hydrogens (tertiary/aromatic N) is 2. The molecule has 2 heterocycles. The molecule has 0 aromatic carbocycles. The number of piperidine rings is 1. The van der Waals surface area contributed by atoms with E-state index in [-0.39, 0.29) is 38.8 Å². The largest absolute Gasteiger partial charge is 0.342 e.